The summed E-state index contributed by atoms with van der Waals surface area (Å²) in [5.74, 6) is -0.261. The maximum absolute atomic E-state index is 11.5. The lowest BCUT2D eigenvalue weighted by molar-refractivity contribution is -0.195. The van der Waals surface area contributed by atoms with Gasteiger partial charge < -0.3 is 14.0 Å². The molecule has 5 heteroatoms. The van der Waals surface area contributed by atoms with E-state index in [4.69, 9.17) is 14.6 Å². The van der Waals surface area contributed by atoms with Gasteiger partial charge in [-0.25, -0.2) is 0 Å². The smallest absolute Gasteiger partial charge is 0.168 e. The van der Waals surface area contributed by atoms with E-state index in [0.29, 0.717) is 5.41 Å². The molecule has 0 amide bonds. The molecular formula is C15H25NO3S. The van der Waals surface area contributed by atoms with E-state index in [1.54, 1.807) is 0 Å². The molecule has 1 atom stereocenters. The highest BCUT2D eigenvalue weighted by Crippen LogP contribution is 2.57. The molecule has 1 aliphatic heterocycles. The van der Waals surface area contributed by atoms with Crippen molar-refractivity contribution in [3.63, 3.8) is 0 Å². The Labute approximate surface area is 124 Å². The molecule has 0 aromatic heterocycles. The van der Waals surface area contributed by atoms with Crippen molar-refractivity contribution in [3.8, 4) is 0 Å². The second-order valence-corrected chi connectivity index (χ2v) is 8.81. The van der Waals surface area contributed by atoms with Crippen LogP contribution in [0.3, 0.4) is 0 Å². The van der Waals surface area contributed by atoms with Crippen molar-refractivity contribution in [1.82, 2.24) is 0 Å². The molecule has 20 heavy (non-hydrogen) atoms. The molecule has 0 aromatic rings. The molecule has 3 rings (SSSR count). The first-order valence-electron chi connectivity index (χ1n) is 7.50. The van der Waals surface area contributed by atoms with E-state index in [1.807, 2.05) is 13.8 Å². The average molecular weight is 299 g/mol. The van der Waals surface area contributed by atoms with E-state index in [1.165, 1.54) is 18.4 Å². The van der Waals surface area contributed by atoms with Gasteiger partial charge in [0.15, 0.2) is 10.5 Å². The molecule has 2 saturated carbocycles. The number of ether oxygens (including phenoxy) is 2. The summed E-state index contributed by atoms with van der Waals surface area (Å²) in [7, 11) is 0. The topological polar surface area (TPSA) is 67.5 Å². The van der Waals surface area contributed by atoms with Crippen LogP contribution in [0.5, 0.6) is 0 Å². The van der Waals surface area contributed by atoms with Gasteiger partial charge in [-0.3, -0.25) is 0 Å². The molecule has 1 heterocycles. The van der Waals surface area contributed by atoms with Crippen molar-refractivity contribution >= 4 is 11.4 Å². The molecular weight excluding hydrogens is 274 g/mol. The van der Waals surface area contributed by atoms with Crippen LogP contribution in [0.2, 0.25) is 0 Å². The first-order valence-corrected chi connectivity index (χ1v) is 8.71. The molecule has 2 spiro atoms. The Bertz CT molecular complexity index is 393. The van der Waals surface area contributed by atoms with Gasteiger partial charge in [0.1, 0.15) is 0 Å². The number of hydrogen-bond acceptors (Lipinski definition) is 4. The zero-order valence-electron chi connectivity index (χ0n) is 12.4. The largest absolute Gasteiger partial charge is 0.598 e. The first kappa shape index (κ1) is 14.9. The van der Waals surface area contributed by atoms with Gasteiger partial charge in [-0.05, 0) is 51.0 Å². The third-order valence-corrected chi connectivity index (χ3v) is 6.32. The minimum Gasteiger partial charge on any atom is -0.598 e. The van der Waals surface area contributed by atoms with E-state index >= 15 is 0 Å². The summed E-state index contributed by atoms with van der Waals surface area (Å²) in [5.41, 5.74) is 1.86. The van der Waals surface area contributed by atoms with E-state index in [-0.39, 0.29) is 5.79 Å². The van der Waals surface area contributed by atoms with Gasteiger partial charge in [0.05, 0.1) is 13.2 Å². The van der Waals surface area contributed by atoms with Crippen molar-refractivity contribution in [3.05, 3.63) is 11.6 Å². The number of allylic oxidation sites excluding steroid dienone is 1. The SMILES string of the molecule is CC(C)(C=C1CC2(CCC3(CC2)OCCO3)C1)[S+](N)[O-]. The Balaban J connectivity index is 1.57. The molecule has 114 valence electrons. The van der Waals surface area contributed by atoms with Crippen LogP contribution in [0.15, 0.2) is 11.6 Å². The average Bonchev–Trinajstić information content (AvgIpc) is 2.79. The molecule has 3 aliphatic rings. The lowest BCUT2D eigenvalue weighted by Gasteiger charge is -2.51. The minimum atomic E-state index is -1.30. The van der Waals surface area contributed by atoms with E-state index in [2.05, 4.69) is 6.08 Å². The fourth-order valence-corrected chi connectivity index (χ4v) is 4.15. The van der Waals surface area contributed by atoms with Gasteiger partial charge in [-0.2, -0.15) is 5.14 Å². The van der Waals surface area contributed by atoms with Crippen LogP contribution in [-0.2, 0) is 20.8 Å². The Hall–Kier alpha value is -0.0700. The van der Waals surface area contributed by atoms with Crippen molar-refractivity contribution < 1.29 is 14.0 Å². The molecule has 0 bridgehead atoms. The summed E-state index contributed by atoms with van der Waals surface area (Å²) in [6.07, 6.45) is 8.78. The highest BCUT2D eigenvalue weighted by molar-refractivity contribution is 7.90. The van der Waals surface area contributed by atoms with E-state index < -0.39 is 16.1 Å². The fourth-order valence-electron chi connectivity index (χ4n) is 3.86. The zero-order valence-corrected chi connectivity index (χ0v) is 13.3. The van der Waals surface area contributed by atoms with Crippen molar-refractivity contribution in [1.29, 1.82) is 0 Å². The van der Waals surface area contributed by atoms with E-state index in [0.717, 1.165) is 38.9 Å². The van der Waals surface area contributed by atoms with Gasteiger partial charge in [-0.15, -0.1) is 0 Å². The molecule has 0 aromatic carbocycles. The molecule has 2 aliphatic carbocycles. The predicted molar refractivity (Wildman–Crippen MR) is 79.3 cm³/mol. The van der Waals surface area contributed by atoms with Crippen LogP contribution in [0.1, 0.15) is 52.4 Å². The Morgan fingerprint density at radius 1 is 1.15 bits per heavy atom. The molecule has 3 fully saturated rings. The standard InChI is InChI=1S/C15H25NO3S/c1-13(2,20(16)17)9-12-10-14(11-12)3-5-15(6-4-14)18-7-8-19-15/h9H,3-8,10-11,16H2,1-2H3. The normalized spacial score (nSPS) is 29.5. The van der Waals surface area contributed by atoms with Gasteiger partial charge in [0, 0.05) is 24.2 Å². The summed E-state index contributed by atoms with van der Waals surface area (Å²) in [6.45, 7) is 5.37. The van der Waals surface area contributed by atoms with E-state index in [9.17, 15) is 4.55 Å². The third kappa shape index (κ3) is 2.66. The summed E-state index contributed by atoms with van der Waals surface area (Å²) in [6, 6.07) is 0. The van der Waals surface area contributed by atoms with Gasteiger partial charge >= 0.3 is 0 Å². The Morgan fingerprint density at radius 2 is 1.70 bits per heavy atom. The number of nitrogens with two attached hydrogens (primary N) is 1. The highest BCUT2D eigenvalue weighted by atomic mass is 32.2. The summed E-state index contributed by atoms with van der Waals surface area (Å²) in [4.78, 5) is 0. The number of hydrogen-bond donors (Lipinski definition) is 1. The van der Waals surface area contributed by atoms with Crippen LogP contribution >= 0.6 is 0 Å². The van der Waals surface area contributed by atoms with Gasteiger partial charge in [0.25, 0.3) is 0 Å². The molecule has 1 unspecified atom stereocenters. The maximum Gasteiger partial charge on any atom is 0.168 e. The number of rotatable bonds is 2. The summed E-state index contributed by atoms with van der Waals surface area (Å²) < 4.78 is 22.7. The summed E-state index contributed by atoms with van der Waals surface area (Å²) >= 11 is -1.30. The minimum absolute atomic E-state index is 0.261. The Kier molecular flexibility index (Phi) is 3.70. The van der Waals surface area contributed by atoms with Crippen molar-refractivity contribution in [2.75, 3.05) is 13.2 Å². The van der Waals surface area contributed by atoms with Crippen LogP contribution in [0, 0.1) is 5.41 Å². The third-order valence-electron chi connectivity index (χ3n) is 5.16. The quantitative estimate of drug-likeness (QED) is 0.628. The fraction of sp³-hybridized carbons (Fsp3) is 0.867. The second kappa shape index (κ2) is 4.99. The van der Waals surface area contributed by atoms with Gasteiger partial charge in [0.2, 0.25) is 0 Å². The second-order valence-electron chi connectivity index (χ2n) is 7.16. The highest BCUT2D eigenvalue weighted by Gasteiger charge is 2.50. The predicted octanol–water partition coefficient (Wildman–Crippen LogP) is 2.41. The maximum atomic E-state index is 11.5. The lowest BCUT2D eigenvalue weighted by Crippen LogP contribution is -2.44. The molecule has 0 radical (unpaired) electrons. The first-order chi connectivity index (χ1) is 9.35. The molecule has 2 N–H and O–H groups in total. The monoisotopic (exact) mass is 299 g/mol. The van der Waals surface area contributed by atoms with Crippen LogP contribution < -0.4 is 5.14 Å². The van der Waals surface area contributed by atoms with Crippen molar-refractivity contribution in [2.45, 2.75) is 62.9 Å². The van der Waals surface area contributed by atoms with Gasteiger partial charge in [-0.1, -0.05) is 5.57 Å². The molecule has 4 nitrogen and oxygen atoms in total. The van der Waals surface area contributed by atoms with Crippen LogP contribution in [0.4, 0.5) is 0 Å². The molecule has 1 saturated heterocycles. The Morgan fingerprint density at radius 3 is 2.20 bits per heavy atom. The zero-order chi connectivity index (χ0) is 14.4. The lowest BCUT2D eigenvalue weighted by atomic mass is 9.57. The van der Waals surface area contributed by atoms with Crippen molar-refractivity contribution in [2.24, 2.45) is 10.6 Å². The van der Waals surface area contributed by atoms with Crippen LogP contribution in [-0.4, -0.2) is 28.3 Å². The summed E-state index contributed by atoms with van der Waals surface area (Å²) in [5, 5.41) is 5.54. The van der Waals surface area contributed by atoms with Crippen LogP contribution in [0.25, 0.3) is 0 Å².